The van der Waals surface area contributed by atoms with Gasteiger partial charge in [-0.2, -0.15) is 0 Å². The Morgan fingerprint density at radius 3 is 2.71 bits per heavy atom. The first-order chi connectivity index (χ1) is 11.7. The van der Waals surface area contributed by atoms with E-state index in [1.807, 2.05) is 0 Å². The molecule has 0 saturated carbocycles. The summed E-state index contributed by atoms with van der Waals surface area (Å²) in [7, 11) is 0. The van der Waals surface area contributed by atoms with Gasteiger partial charge in [-0.15, -0.1) is 0 Å². The van der Waals surface area contributed by atoms with Gasteiger partial charge in [0.25, 0.3) is 0 Å². The Labute approximate surface area is 144 Å². The molecule has 0 bridgehead atoms. The summed E-state index contributed by atoms with van der Waals surface area (Å²) in [5.41, 5.74) is 5.62. The predicted molar refractivity (Wildman–Crippen MR) is 92.2 cm³/mol. The molecule has 3 saturated heterocycles. The van der Waals surface area contributed by atoms with E-state index in [9.17, 15) is 9.59 Å². The van der Waals surface area contributed by atoms with Crippen LogP contribution in [-0.2, 0) is 9.59 Å². The second-order valence-corrected chi connectivity index (χ2v) is 7.29. The maximum Gasteiger partial charge on any atom is 0.235 e. The van der Waals surface area contributed by atoms with E-state index in [0.717, 1.165) is 65.2 Å². The predicted octanol–water partition coefficient (Wildman–Crippen LogP) is -0.354. The third kappa shape index (κ3) is 4.26. The number of rotatable bonds is 4. The van der Waals surface area contributed by atoms with Crippen LogP contribution in [0.5, 0.6) is 0 Å². The van der Waals surface area contributed by atoms with Gasteiger partial charge in [0.05, 0.1) is 5.92 Å². The van der Waals surface area contributed by atoms with Crippen molar-refractivity contribution in [3.63, 3.8) is 0 Å². The fourth-order valence-corrected chi connectivity index (χ4v) is 4.17. The molecule has 2 amide bonds. The molecule has 2 unspecified atom stereocenters. The quantitative estimate of drug-likeness (QED) is 0.734. The van der Waals surface area contributed by atoms with E-state index in [1.54, 1.807) is 0 Å². The van der Waals surface area contributed by atoms with Gasteiger partial charge < -0.3 is 4.90 Å². The highest BCUT2D eigenvalue weighted by atomic mass is 16.2. The van der Waals surface area contributed by atoms with Crippen LogP contribution in [0.1, 0.15) is 32.6 Å². The molecule has 0 aromatic carbocycles. The second-order valence-electron chi connectivity index (χ2n) is 7.29. The number of carbonyl (C=O) groups is 2. The monoisotopic (exact) mass is 337 g/mol. The molecule has 0 radical (unpaired) electrons. The van der Waals surface area contributed by atoms with Crippen molar-refractivity contribution >= 4 is 11.8 Å². The van der Waals surface area contributed by atoms with Gasteiger partial charge in [-0.25, -0.2) is 5.43 Å². The van der Waals surface area contributed by atoms with Crippen molar-refractivity contribution in [1.82, 2.24) is 25.6 Å². The number of piperazine rings is 1. The topological polar surface area (TPSA) is 67.9 Å². The number of hydrogen-bond acceptors (Lipinski definition) is 5. The molecule has 0 aromatic rings. The molecular formula is C17H31N5O2. The minimum atomic E-state index is 0.0479. The highest BCUT2D eigenvalue weighted by Gasteiger charge is 2.34. The Balaban J connectivity index is 1.51. The van der Waals surface area contributed by atoms with E-state index < -0.39 is 0 Å². The van der Waals surface area contributed by atoms with Crippen LogP contribution >= 0.6 is 0 Å². The lowest BCUT2D eigenvalue weighted by Gasteiger charge is -2.42. The van der Waals surface area contributed by atoms with Crippen LogP contribution in [0, 0.1) is 5.92 Å². The molecular weight excluding hydrogens is 306 g/mol. The molecule has 7 heteroatoms. The molecule has 7 nitrogen and oxygen atoms in total. The summed E-state index contributed by atoms with van der Waals surface area (Å²) in [5, 5.41) is 0. The zero-order valence-corrected chi connectivity index (χ0v) is 14.8. The highest BCUT2D eigenvalue weighted by molar-refractivity contribution is 5.79. The number of carbonyl (C=O) groups excluding carboxylic acids is 2. The molecule has 2 N–H and O–H groups in total. The van der Waals surface area contributed by atoms with E-state index in [1.165, 1.54) is 6.42 Å². The third-order valence-corrected chi connectivity index (χ3v) is 5.53. The Morgan fingerprint density at radius 1 is 1.21 bits per heavy atom. The summed E-state index contributed by atoms with van der Waals surface area (Å²) in [5.74, 6) is 0.470. The number of nitrogens with zero attached hydrogens (tertiary/aromatic N) is 3. The van der Waals surface area contributed by atoms with Crippen molar-refractivity contribution in [2.24, 2.45) is 5.92 Å². The average molecular weight is 337 g/mol. The number of nitrogens with one attached hydrogen (secondary N) is 2. The van der Waals surface area contributed by atoms with Crippen LogP contribution in [0.25, 0.3) is 0 Å². The molecule has 0 spiro atoms. The third-order valence-electron chi connectivity index (χ3n) is 5.53. The minimum absolute atomic E-state index is 0.0479. The van der Waals surface area contributed by atoms with Gasteiger partial charge in [0.2, 0.25) is 11.8 Å². The van der Waals surface area contributed by atoms with Gasteiger partial charge in [-0.3, -0.25) is 24.8 Å². The van der Waals surface area contributed by atoms with E-state index in [4.69, 9.17) is 0 Å². The lowest BCUT2D eigenvalue weighted by atomic mass is 9.94. The van der Waals surface area contributed by atoms with E-state index in [0.29, 0.717) is 12.3 Å². The van der Waals surface area contributed by atoms with Crippen LogP contribution in [0.2, 0.25) is 0 Å². The second kappa shape index (κ2) is 8.27. The zero-order chi connectivity index (χ0) is 16.9. The van der Waals surface area contributed by atoms with E-state index in [2.05, 4.69) is 32.5 Å². The first kappa shape index (κ1) is 17.6. The fourth-order valence-electron chi connectivity index (χ4n) is 4.17. The molecule has 136 valence electrons. The van der Waals surface area contributed by atoms with E-state index in [-0.39, 0.29) is 17.9 Å². The molecule has 3 aliphatic heterocycles. The standard InChI is InChI=1S/C17H31N5O2/c1-2-5-20-7-9-21(10-8-20)17(24)14-4-3-6-22(13-14)15-11-16(23)19-18-12-15/h14-15,18H,2-13H2,1H3,(H,19,23). The van der Waals surface area contributed by atoms with Crippen LogP contribution < -0.4 is 10.9 Å². The average Bonchev–Trinajstić information content (AvgIpc) is 2.62. The van der Waals surface area contributed by atoms with Crippen molar-refractivity contribution < 1.29 is 9.59 Å². The highest BCUT2D eigenvalue weighted by Crippen LogP contribution is 2.22. The summed E-state index contributed by atoms with van der Waals surface area (Å²) in [6, 6.07) is 0.218. The summed E-state index contributed by atoms with van der Waals surface area (Å²) in [6.45, 7) is 9.63. The van der Waals surface area contributed by atoms with Crippen LogP contribution in [-0.4, -0.2) is 84.9 Å². The van der Waals surface area contributed by atoms with E-state index >= 15 is 0 Å². The zero-order valence-electron chi connectivity index (χ0n) is 14.8. The van der Waals surface area contributed by atoms with Crippen molar-refractivity contribution in [2.75, 3.05) is 52.4 Å². The maximum atomic E-state index is 12.9. The van der Waals surface area contributed by atoms with Crippen LogP contribution in [0.15, 0.2) is 0 Å². The minimum Gasteiger partial charge on any atom is -0.340 e. The number of piperidine rings is 1. The van der Waals surface area contributed by atoms with Crippen molar-refractivity contribution in [2.45, 2.75) is 38.6 Å². The number of amides is 2. The Kier molecular flexibility index (Phi) is 6.08. The van der Waals surface area contributed by atoms with Gasteiger partial charge in [0.15, 0.2) is 0 Å². The Morgan fingerprint density at radius 2 is 2.00 bits per heavy atom. The van der Waals surface area contributed by atoms with Crippen LogP contribution in [0.4, 0.5) is 0 Å². The molecule has 0 aliphatic carbocycles. The number of likely N-dealkylation sites (tertiary alicyclic amines) is 1. The molecule has 2 atom stereocenters. The smallest absolute Gasteiger partial charge is 0.235 e. The summed E-state index contributed by atoms with van der Waals surface area (Å²) >= 11 is 0. The Hall–Kier alpha value is -1.18. The lowest BCUT2D eigenvalue weighted by molar-refractivity contribution is -0.139. The molecule has 3 aliphatic rings. The lowest BCUT2D eigenvalue weighted by Crippen LogP contribution is -2.58. The first-order valence-corrected chi connectivity index (χ1v) is 9.44. The Bertz CT molecular complexity index is 450. The summed E-state index contributed by atoms with van der Waals surface area (Å²) in [4.78, 5) is 31.3. The molecule has 3 heterocycles. The van der Waals surface area contributed by atoms with Crippen LogP contribution in [0.3, 0.4) is 0 Å². The van der Waals surface area contributed by atoms with Crippen molar-refractivity contribution in [3.05, 3.63) is 0 Å². The summed E-state index contributed by atoms with van der Waals surface area (Å²) in [6.07, 6.45) is 3.74. The molecule has 3 fully saturated rings. The van der Waals surface area contributed by atoms with Gasteiger partial charge in [-0.05, 0) is 32.4 Å². The molecule has 0 aromatic heterocycles. The van der Waals surface area contributed by atoms with Crippen molar-refractivity contribution in [1.29, 1.82) is 0 Å². The molecule has 3 rings (SSSR count). The number of hydrazine groups is 1. The summed E-state index contributed by atoms with van der Waals surface area (Å²) < 4.78 is 0. The van der Waals surface area contributed by atoms with Gasteiger partial charge in [0.1, 0.15) is 0 Å². The molecule has 24 heavy (non-hydrogen) atoms. The first-order valence-electron chi connectivity index (χ1n) is 9.44. The normalized spacial score (nSPS) is 30.2. The van der Waals surface area contributed by atoms with Gasteiger partial charge >= 0.3 is 0 Å². The van der Waals surface area contributed by atoms with Gasteiger partial charge in [0, 0.05) is 51.7 Å². The fraction of sp³-hybridized carbons (Fsp3) is 0.882. The largest absolute Gasteiger partial charge is 0.340 e. The number of hydrogen-bond donors (Lipinski definition) is 2. The SMILES string of the molecule is CCCN1CCN(C(=O)C2CCCN(C3CNNC(=O)C3)C2)CC1. The van der Waals surface area contributed by atoms with Crippen molar-refractivity contribution in [3.8, 4) is 0 Å². The maximum absolute atomic E-state index is 12.9. The van der Waals surface area contributed by atoms with Gasteiger partial charge in [-0.1, -0.05) is 6.92 Å².